The van der Waals surface area contributed by atoms with Gasteiger partial charge in [-0.25, -0.2) is 0 Å². The molecule has 1 saturated heterocycles. The molecule has 1 fully saturated rings. The summed E-state index contributed by atoms with van der Waals surface area (Å²) in [7, 11) is 0. The monoisotopic (exact) mass is 302 g/mol. The van der Waals surface area contributed by atoms with E-state index in [4.69, 9.17) is 0 Å². The first kappa shape index (κ1) is 18.5. The second kappa shape index (κ2) is 8.60. The number of nitrogens with zero attached hydrogens (tertiary/aromatic N) is 1. The first-order valence-electron chi connectivity index (χ1n) is 6.37. The van der Waals surface area contributed by atoms with Crippen molar-refractivity contribution in [2.45, 2.75) is 19.9 Å². The Hall–Kier alpha value is -0.540. The molecule has 0 aliphatic carbocycles. The predicted molar refractivity (Wildman–Crippen MR) is 87.8 cm³/mol. The molecule has 2 rings (SSSR count). The van der Waals surface area contributed by atoms with Gasteiger partial charge in [-0.05, 0) is 25.0 Å². The van der Waals surface area contributed by atoms with E-state index in [1.54, 1.807) is 0 Å². The quantitative estimate of drug-likeness (QED) is 0.862. The summed E-state index contributed by atoms with van der Waals surface area (Å²) in [5.41, 5.74) is 4.09. The molecule has 0 aromatic heterocycles. The number of nitrogens with one attached hydrogen (secondary N) is 1. The largest absolute Gasteiger partial charge is 0.314 e. The van der Waals surface area contributed by atoms with Crippen molar-refractivity contribution >= 4 is 24.8 Å². The van der Waals surface area contributed by atoms with Crippen LogP contribution in [-0.2, 0) is 0 Å². The van der Waals surface area contributed by atoms with Crippen molar-refractivity contribution in [1.82, 2.24) is 10.2 Å². The molecule has 1 N–H and O–H groups in total. The Morgan fingerprint density at radius 3 is 2.37 bits per heavy atom. The van der Waals surface area contributed by atoms with E-state index in [1.165, 1.54) is 16.7 Å². The third-order valence-electron chi connectivity index (χ3n) is 3.51. The summed E-state index contributed by atoms with van der Waals surface area (Å²) in [6.07, 6.45) is 2.07. The molecule has 1 atom stereocenters. The molecule has 0 spiro atoms. The third kappa shape index (κ3) is 4.50. The number of aryl methyl sites for hydroxylation is 2. The summed E-state index contributed by atoms with van der Waals surface area (Å²) >= 11 is 0. The minimum absolute atomic E-state index is 0. The van der Waals surface area contributed by atoms with Crippen LogP contribution in [0.15, 0.2) is 30.9 Å². The van der Waals surface area contributed by atoms with Crippen molar-refractivity contribution < 1.29 is 0 Å². The van der Waals surface area contributed by atoms with Crippen LogP contribution in [0.5, 0.6) is 0 Å². The molecule has 1 aromatic carbocycles. The highest BCUT2D eigenvalue weighted by atomic mass is 35.5. The molecule has 0 saturated carbocycles. The van der Waals surface area contributed by atoms with Crippen LogP contribution in [0.2, 0.25) is 0 Å². The van der Waals surface area contributed by atoms with Gasteiger partial charge >= 0.3 is 0 Å². The number of piperazine rings is 1. The van der Waals surface area contributed by atoms with E-state index in [9.17, 15) is 0 Å². The molecule has 0 amide bonds. The molecule has 108 valence electrons. The van der Waals surface area contributed by atoms with Crippen molar-refractivity contribution in [2.75, 3.05) is 26.2 Å². The normalized spacial score (nSPS) is 16.9. The average molecular weight is 303 g/mol. The molecule has 1 aromatic rings. The number of hydrogen-bond acceptors (Lipinski definition) is 2. The second-order valence-electron chi connectivity index (χ2n) is 4.83. The van der Waals surface area contributed by atoms with Gasteiger partial charge in [0, 0.05) is 26.2 Å². The van der Waals surface area contributed by atoms with E-state index in [0.717, 1.165) is 26.2 Å². The molecule has 0 unspecified atom stereocenters. The lowest BCUT2D eigenvalue weighted by Crippen LogP contribution is -2.44. The van der Waals surface area contributed by atoms with Gasteiger partial charge in [-0.2, -0.15) is 0 Å². The van der Waals surface area contributed by atoms with Crippen molar-refractivity contribution in [1.29, 1.82) is 0 Å². The SMILES string of the molecule is C=C[C@@H](c1ccc(C)cc1C)N1CCNCC1.Cl.Cl. The summed E-state index contributed by atoms with van der Waals surface area (Å²) in [4.78, 5) is 2.50. The smallest absolute Gasteiger partial charge is 0.0532 e. The molecule has 1 aliphatic heterocycles. The molecular weight excluding hydrogens is 279 g/mol. The van der Waals surface area contributed by atoms with Gasteiger partial charge in [0.2, 0.25) is 0 Å². The highest BCUT2D eigenvalue weighted by Crippen LogP contribution is 2.25. The van der Waals surface area contributed by atoms with E-state index in [2.05, 4.69) is 54.9 Å². The molecule has 1 heterocycles. The Morgan fingerprint density at radius 1 is 1.21 bits per heavy atom. The zero-order chi connectivity index (χ0) is 12.3. The summed E-state index contributed by atoms with van der Waals surface area (Å²) in [6.45, 7) is 12.7. The van der Waals surface area contributed by atoms with Gasteiger partial charge in [0.05, 0.1) is 6.04 Å². The van der Waals surface area contributed by atoms with Crippen molar-refractivity contribution in [3.63, 3.8) is 0 Å². The summed E-state index contributed by atoms with van der Waals surface area (Å²) in [6, 6.07) is 7.06. The Balaban J connectivity index is 0.00000162. The van der Waals surface area contributed by atoms with Gasteiger partial charge in [-0.15, -0.1) is 31.4 Å². The molecule has 1 aliphatic rings. The molecule has 4 heteroatoms. The zero-order valence-electron chi connectivity index (χ0n) is 11.7. The molecule has 0 bridgehead atoms. The minimum Gasteiger partial charge on any atom is -0.314 e. The van der Waals surface area contributed by atoms with Crippen LogP contribution in [0.25, 0.3) is 0 Å². The van der Waals surface area contributed by atoms with E-state index in [1.807, 2.05) is 0 Å². The zero-order valence-corrected chi connectivity index (χ0v) is 13.3. The lowest BCUT2D eigenvalue weighted by atomic mass is 9.97. The third-order valence-corrected chi connectivity index (χ3v) is 3.51. The number of rotatable bonds is 3. The highest BCUT2D eigenvalue weighted by Gasteiger charge is 2.20. The van der Waals surface area contributed by atoms with E-state index < -0.39 is 0 Å². The summed E-state index contributed by atoms with van der Waals surface area (Å²) in [5.74, 6) is 0. The van der Waals surface area contributed by atoms with Crippen molar-refractivity contribution in [3.05, 3.63) is 47.5 Å². The average Bonchev–Trinajstić information content (AvgIpc) is 2.34. The van der Waals surface area contributed by atoms with Gasteiger partial charge in [0.15, 0.2) is 0 Å². The molecule has 0 radical (unpaired) electrons. The van der Waals surface area contributed by atoms with Crippen molar-refractivity contribution in [3.8, 4) is 0 Å². The van der Waals surface area contributed by atoms with Crippen LogP contribution < -0.4 is 5.32 Å². The maximum Gasteiger partial charge on any atom is 0.0532 e. The fourth-order valence-corrected chi connectivity index (χ4v) is 2.59. The standard InChI is InChI=1S/C15H22N2.2ClH/c1-4-15(17-9-7-16-8-10-17)14-6-5-12(2)11-13(14)3;;/h4-6,11,15-16H,1,7-10H2,2-3H3;2*1H/t15-;;/m0../s1. The second-order valence-corrected chi connectivity index (χ2v) is 4.83. The number of hydrogen-bond donors (Lipinski definition) is 1. The Bertz CT molecular complexity index is 401. The lowest BCUT2D eigenvalue weighted by molar-refractivity contribution is 0.203. The highest BCUT2D eigenvalue weighted by molar-refractivity contribution is 5.85. The van der Waals surface area contributed by atoms with Gasteiger partial charge < -0.3 is 5.32 Å². The Labute approximate surface area is 129 Å². The summed E-state index contributed by atoms with van der Waals surface area (Å²) < 4.78 is 0. The Morgan fingerprint density at radius 2 is 1.84 bits per heavy atom. The van der Waals surface area contributed by atoms with Gasteiger partial charge in [-0.3, -0.25) is 4.90 Å². The minimum atomic E-state index is 0. The maximum atomic E-state index is 4.01. The molecule has 19 heavy (non-hydrogen) atoms. The van der Waals surface area contributed by atoms with E-state index in [-0.39, 0.29) is 24.8 Å². The Kier molecular flexibility index (Phi) is 8.35. The first-order chi connectivity index (χ1) is 8.22. The number of halogens is 2. The van der Waals surface area contributed by atoms with Gasteiger partial charge in [-0.1, -0.05) is 29.8 Å². The van der Waals surface area contributed by atoms with Crippen LogP contribution in [0.1, 0.15) is 22.7 Å². The van der Waals surface area contributed by atoms with Crippen LogP contribution in [-0.4, -0.2) is 31.1 Å². The fourth-order valence-electron chi connectivity index (χ4n) is 2.59. The molecule has 2 nitrogen and oxygen atoms in total. The van der Waals surface area contributed by atoms with Crippen LogP contribution >= 0.6 is 24.8 Å². The van der Waals surface area contributed by atoms with Crippen LogP contribution in [0, 0.1) is 13.8 Å². The van der Waals surface area contributed by atoms with Gasteiger partial charge in [0.1, 0.15) is 0 Å². The topological polar surface area (TPSA) is 15.3 Å². The lowest BCUT2D eigenvalue weighted by Gasteiger charge is -2.34. The first-order valence-corrected chi connectivity index (χ1v) is 6.37. The van der Waals surface area contributed by atoms with Crippen LogP contribution in [0.3, 0.4) is 0 Å². The van der Waals surface area contributed by atoms with Crippen LogP contribution in [0.4, 0.5) is 0 Å². The predicted octanol–water partition coefficient (Wildman–Crippen LogP) is 3.28. The molecular formula is C15H24Cl2N2. The van der Waals surface area contributed by atoms with E-state index >= 15 is 0 Å². The summed E-state index contributed by atoms with van der Waals surface area (Å²) in [5, 5.41) is 3.39. The maximum absolute atomic E-state index is 4.01. The number of benzene rings is 1. The van der Waals surface area contributed by atoms with E-state index in [0.29, 0.717) is 6.04 Å². The van der Waals surface area contributed by atoms with Gasteiger partial charge in [0.25, 0.3) is 0 Å². The fraction of sp³-hybridized carbons (Fsp3) is 0.467. The van der Waals surface area contributed by atoms with Crippen molar-refractivity contribution in [2.24, 2.45) is 0 Å².